The molecule has 0 saturated carbocycles. The molecular formula is C16H16ClNO6. The maximum Gasteiger partial charge on any atom is 0.340 e. The number of benzene rings is 1. The highest BCUT2D eigenvalue weighted by Gasteiger charge is 2.21. The van der Waals surface area contributed by atoms with Crippen molar-refractivity contribution < 1.29 is 24.2 Å². The van der Waals surface area contributed by atoms with Crippen molar-refractivity contribution >= 4 is 34.4 Å². The van der Waals surface area contributed by atoms with Crippen LogP contribution in [0.3, 0.4) is 0 Å². The molecule has 1 aromatic heterocycles. The molecule has 0 spiro atoms. The van der Waals surface area contributed by atoms with Crippen LogP contribution in [0.5, 0.6) is 5.75 Å². The number of carbonyl (C=O) groups is 2. The normalized spacial score (nSPS) is 12.1. The van der Waals surface area contributed by atoms with Crippen LogP contribution in [0, 0.1) is 6.92 Å². The number of aryl methyl sites for hydroxylation is 1. The summed E-state index contributed by atoms with van der Waals surface area (Å²) < 4.78 is 5.12. The van der Waals surface area contributed by atoms with E-state index in [4.69, 9.17) is 21.1 Å². The Morgan fingerprint density at radius 1 is 1.38 bits per heavy atom. The molecule has 7 nitrogen and oxygen atoms in total. The lowest BCUT2D eigenvalue weighted by Gasteiger charge is -2.13. The van der Waals surface area contributed by atoms with Crippen LogP contribution in [0.4, 0.5) is 0 Å². The summed E-state index contributed by atoms with van der Waals surface area (Å²) in [6.07, 6.45) is -0.0896. The van der Waals surface area contributed by atoms with E-state index >= 15 is 0 Å². The summed E-state index contributed by atoms with van der Waals surface area (Å²) in [5, 5.41) is 21.5. The van der Waals surface area contributed by atoms with Crippen molar-refractivity contribution in [3.05, 3.63) is 38.7 Å². The number of carboxylic acid groups (broad SMARTS) is 1. The topological polar surface area (TPSA) is 117 Å². The molecule has 1 heterocycles. The molecule has 0 bridgehead atoms. The molecule has 1 aromatic carbocycles. The molecule has 0 aliphatic heterocycles. The Labute approximate surface area is 141 Å². The molecular weight excluding hydrogens is 338 g/mol. The van der Waals surface area contributed by atoms with Crippen LogP contribution in [-0.4, -0.2) is 28.1 Å². The van der Waals surface area contributed by atoms with Crippen molar-refractivity contribution in [3.8, 4) is 5.75 Å². The number of carboxylic acids is 1. The average molecular weight is 354 g/mol. The summed E-state index contributed by atoms with van der Waals surface area (Å²) in [6, 6.07) is 1.66. The second kappa shape index (κ2) is 6.92. The highest BCUT2D eigenvalue weighted by atomic mass is 35.5. The first-order valence-corrected chi connectivity index (χ1v) is 7.59. The van der Waals surface area contributed by atoms with E-state index in [0.29, 0.717) is 10.9 Å². The van der Waals surface area contributed by atoms with Gasteiger partial charge in [0.25, 0.3) is 0 Å². The highest BCUT2D eigenvalue weighted by molar-refractivity contribution is 6.32. The van der Waals surface area contributed by atoms with Crippen LogP contribution in [0.1, 0.15) is 24.5 Å². The summed E-state index contributed by atoms with van der Waals surface area (Å²) in [4.78, 5) is 35.1. The number of hydrogen-bond donors (Lipinski definition) is 3. The van der Waals surface area contributed by atoms with E-state index in [1.54, 1.807) is 13.8 Å². The van der Waals surface area contributed by atoms with Gasteiger partial charge in [-0.05, 0) is 25.0 Å². The number of phenols is 1. The number of nitrogens with one attached hydrogen (secondary N) is 1. The van der Waals surface area contributed by atoms with E-state index in [0.717, 1.165) is 0 Å². The van der Waals surface area contributed by atoms with E-state index in [2.05, 4.69) is 5.32 Å². The lowest BCUT2D eigenvalue weighted by molar-refractivity contribution is -0.141. The molecule has 0 saturated heterocycles. The Morgan fingerprint density at radius 3 is 2.62 bits per heavy atom. The fraction of sp³-hybridized carbons (Fsp3) is 0.312. The van der Waals surface area contributed by atoms with Crippen molar-refractivity contribution in [3.63, 3.8) is 0 Å². The van der Waals surface area contributed by atoms with E-state index < -0.39 is 23.5 Å². The van der Waals surface area contributed by atoms with Crippen LogP contribution in [0.2, 0.25) is 5.02 Å². The maximum atomic E-state index is 12.1. The third-order valence-corrected chi connectivity index (χ3v) is 4.04. The molecule has 0 aliphatic rings. The number of rotatable bonds is 5. The lowest BCUT2D eigenvalue weighted by Crippen LogP contribution is -2.41. The summed E-state index contributed by atoms with van der Waals surface area (Å²) in [5.74, 6) is -1.95. The Hall–Kier alpha value is -2.54. The fourth-order valence-electron chi connectivity index (χ4n) is 2.35. The summed E-state index contributed by atoms with van der Waals surface area (Å²) >= 11 is 5.87. The molecule has 128 valence electrons. The van der Waals surface area contributed by atoms with Gasteiger partial charge in [-0.3, -0.25) is 4.79 Å². The van der Waals surface area contributed by atoms with Crippen LogP contribution >= 0.6 is 11.6 Å². The van der Waals surface area contributed by atoms with Crippen molar-refractivity contribution in [1.82, 2.24) is 5.32 Å². The van der Waals surface area contributed by atoms with Gasteiger partial charge < -0.3 is 19.9 Å². The minimum absolute atomic E-state index is 0.0896. The summed E-state index contributed by atoms with van der Waals surface area (Å²) in [7, 11) is 0. The fourth-order valence-corrected chi connectivity index (χ4v) is 2.51. The Morgan fingerprint density at radius 2 is 2.04 bits per heavy atom. The number of hydrogen-bond acceptors (Lipinski definition) is 5. The molecule has 3 N–H and O–H groups in total. The molecule has 1 atom stereocenters. The van der Waals surface area contributed by atoms with Crippen molar-refractivity contribution in [2.45, 2.75) is 32.7 Å². The van der Waals surface area contributed by atoms with Crippen LogP contribution in [-0.2, 0) is 16.0 Å². The minimum atomic E-state index is -1.14. The molecule has 0 aliphatic carbocycles. The molecule has 8 heteroatoms. The predicted octanol–water partition coefficient (Wildman–Crippen LogP) is 1.98. The number of aromatic hydroxyl groups is 1. The molecule has 0 radical (unpaired) electrons. The summed E-state index contributed by atoms with van der Waals surface area (Å²) in [6.45, 7) is 3.26. The van der Waals surface area contributed by atoms with Gasteiger partial charge in [0.05, 0.1) is 17.0 Å². The largest absolute Gasteiger partial charge is 0.506 e. The third-order valence-electron chi connectivity index (χ3n) is 3.73. The van der Waals surface area contributed by atoms with Gasteiger partial charge in [0, 0.05) is 11.5 Å². The molecule has 2 aromatic rings. The van der Waals surface area contributed by atoms with E-state index in [1.165, 1.54) is 12.1 Å². The first kappa shape index (κ1) is 17.8. The van der Waals surface area contributed by atoms with Gasteiger partial charge in [-0.25, -0.2) is 9.59 Å². The summed E-state index contributed by atoms with van der Waals surface area (Å²) in [5.41, 5.74) is 0.0319. The van der Waals surface area contributed by atoms with Gasteiger partial charge in [0.1, 0.15) is 17.4 Å². The first-order valence-electron chi connectivity index (χ1n) is 7.21. The lowest BCUT2D eigenvalue weighted by atomic mass is 10.0. The van der Waals surface area contributed by atoms with Crippen molar-refractivity contribution in [2.24, 2.45) is 0 Å². The zero-order valence-corrected chi connectivity index (χ0v) is 13.8. The van der Waals surface area contributed by atoms with Crippen LogP contribution < -0.4 is 10.9 Å². The molecule has 1 amide bonds. The quantitative estimate of drug-likeness (QED) is 0.707. The number of fused-ring (bicyclic) bond motifs is 1. The van der Waals surface area contributed by atoms with Crippen molar-refractivity contribution in [1.29, 1.82) is 0 Å². The first-order chi connectivity index (χ1) is 11.2. The number of phenolic OH excluding ortho intramolecular Hbond substituents is 1. The van der Waals surface area contributed by atoms with E-state index in [1.807, 2.05) is 0 Å². The highest BCUT2D eigenvalue weighted by Crippen LogP contribution is 2.30. The van der Waals surface area contributed by atoms with Crippen LogP contribution in [0.25, 0.3) is 11.0 Å². The Bertz CT molecular complexity index is 873. The zero-order chi connectivity index (χ0) is 18.0. The predicted molar refractivity (Wildman–Crippen MR) is 87.5 cm³/mol. The third kappa shape index (κ3) is 3.51. The van der Waals surface area contributed by atoms with Gasteiger partial charge in [-0.15, -0.1) is 0 Å². The zero-order valence-electron chi connectivity index (χ0n) is 13.1. The average Bonchev–Trinajstić information content (AvgIpc) is 2.51. The Kier molecular flexibility index (Phi) is 5.14. The molecule has 2 rings (SSSR count). The second-order valence-corrected chi connectivity index (χ2v) is 5.74. The van der Waals surface area contributed by atoms with E-state index in [9.17, 15) is 19.5 Å². The van der Waals surface area contributed by atoms with Crippen molar-refractivity contribution in [2.75, 3.05) is 0 Å². The second-order valence-electron chi connectivity index (χ2n) is 5.34. The molecule has 0 unspecified atom stereocenters. The SMILES string of the molecule is CC[C@H](NC(=O)Cc1c(C)c2cc(Cl)c(O)cc2oc1=O)C(=O)O. The van der Waals surface area contributed by atoms with Gasteiger partial charge in [0.2, 0.25) is 5.91 Å². The molecule has 24 heavy (non-hydrogen) atoms. The van der Waals surface area contributed by atoms with Gasteiger partial charge >= 0.3 is 11.6 Å². The van der Waals surface area contributed by atoms with Gasteiger partial charge in [-0.1, -0.05) is 18.5 Å². The number of aliphatic carboxylic acids is 1. The number of halogens is 1. The van der Waals surface area contributed by atoms with Crippen LogP contribution in [0.15, 0.2) is 21.3 Å². The Balaban J connectivity index is 2.39. The number of amides is 1. The monoisotopic (exact) mass is 353 g/mol. The standard InChI is InChI=1S/C16H16ClNO6/c1-3-11(15(21)22)18-14(20)5-9-7(2)8-4-10(17)12(19)6-13(8)24-16(9)23/h4,6,11,19H,3,5H2,1-2H3,(H,18,20)(H,21,22)/t11-/m0/s1. The number of carbonyl (C=O) groups excluding carboxylic acids is 1. The van der Waals surface area contributed by atoms with Gasteiger partial charge in [0.15, 0.2) is 0 Å². The van der Waals surface area contributed by atoms with Gasteiger partial charge in [-0.2, -0.15) is 0 Å². The maximum absolute atomic E-state index is 12.1. The molecule has 0 fully saturated rings. The smallest absolute Gasteiger partial charge is 0.340 e. The minimum Gasteiger partial charge on any atom is -0.506 e. The van der Waals surface area contributed by atoms with E-state index in [-0.39, 0.29) is 34.8 Å².